The largest absolute Gasteiger partial charge is 0.440 e. The first-order valence-corrected chi connectivity index (χ1v) is 6.86. The number of nitrogens with one attached hydrogen (secondary N) is 1. The van der Waals surface area contributed by atoms with Crippen LogP contribution in [0.5, 0.6) is 0 Å². The van der Waals surface area contributed by atoms with Gasteiger partial charge in [-0.2, -0.15) is 0 Å². The van der Waals surface area contributed by atoms with Crippen LogP contribution in [-0.2, 0) is 6.42 Å². The number of oxazole rings is 1. The van der Waals surface area contributed by atoms with E-state index >= 15 is 0 Å². The fraction of sp³-hybridized carbons (Fsp3) is 0.500. The second-order valence-electron chi connectivity index (χ2n) is 5.08. The average Bonchev–Trinajstić information content (AvgIpc) is 2.93. The van der Waals surface area contributed by atoms with Gasteiger partial charge in [-0.25, -0.2) is 4.98 Å². The summed E-state index contributed by atoms with van der Waals surface area (Å²) in [7, 11) is 0. The molecule has 2 aromatic rings. The number of rotatable bonds is 3. The SMILES string of the molecule is Cc1cc(Cl)cc2nc(CCC3CCNC3)oc12. The quantitative estimate of drug-likeness (QED) is 0.924. The van der Waals surface area contributed by atoms with E-state index in [1.54, 1.807) is 0 Å². The van der Waals surface area contributed by atoms with Crippen LogP contribution < -0.4 is 5.32 Å². The van der Waals surface area contributed by atoms with Gasteiger partial charge in [0.25, 0.3) is 0 Å². The molecule has 1 aromatic heterocycles. The number of hydrogen-bond donors (Lipinski definition) is 1. The summed E-state index contributed by atoms with van der Waals surface area (Å²) in [5, 5.41) is 4.11. The molecule has 0 radical (unpaired) electrons. The van der Waals surface area contributed by atoms with E-state index in [9.17, 15) is 0 Å². The summed E-state index contributed by atoms with van der Waals surface area (Å²) < 4.78 is 5.82. The summed E-state index contributed by atoms with van der Waals surface area (Å²) in [6.45, 7) is 4.28. The molecule has 1 aliphatic heterocycles. The Bertz CT molecular complexity index is 558. The molecule has 96 valence electrons. The van der Waals surface area contributed by atoms with Gasteiger partial charge >= 0.3 is 0 Å². The third-order valence-electron chi connectivity index (χ3n) is 3.61. The molecule has 3 nitrogen and oxygen atoms in total. The molecule has 1 saturated heterocycles. The lowest BCUT2D eigenvalue weighted by Gasteiger charge is -2.04. The minimum Gasteiger partial charge on any atom is -0.440 e. The zero-order valence-corrected chi connectivity index (χ0v) is 11.3. The molecule has 1 unspecified atom stereocenters. The van der Waals surface area contributed by atoms with Gasteiger partial charge in [0.05, 0.1) is 0 Å². The van der Waals surface area contributed by atoms with E-state index in [-0.39, 0.29) is 0 Å². The average molecular weight is 265 g/mol. The van der Waals surface area contributed by atoms with E-state index < -0.39 is 0 Å². The van der Waals surface area contributed by atoms with Crippen LogP contribution in [0.1, 0.15) is 24.3 Å². The Balaban J connectivity index is 1.78. The van der Waals surface area contributed by atoms with Crippen LogP contribution in [0.4, 0.5) is 0 Å². The molecule has 18 heavy (non-hydrogen) atoms. The molecule has 1 N–H and O–H groups in total. The van der Waals surface area contributed by atoms with Gasteiger partial charge in [-0.05, 0) is 56.5 Å². The van der Waals surface area contributed by atoms with Gasteiger partial charge in [-0.1, -0.05) is 11.6 Å². The molecule has 0 aliphatic carbocycles. The van der Waals surface area contributed by atoms with E-state index in [2.05, 4.69) is 10.3 Å². The minimum atomic E-state index is 0.722. The van der Waals surface area contributed by atoms with E-state index in [0.717, 1.165) is 59.4 Å². The molecule has 1 aliphatic rings. The summed E-state index contributed by atoms with van der Waals surface area (Å²) in [5.41, 5.74) is 2.80. The molecule has 0 spiro atoms. The number of halogens is 1. The summed E-state index contributed by atoms with van der Waals surface area (Å²) in [4.78, 5) is 4.52. The van der Waals surface area contributed by atoms with Crippen molar-refractivity contribution in [2.24, 2.45) is 5.92 Å². The van der Waals surface area contributed by atoms with Crippen molar-refractivity contribution in [1.82, 2.24) is 10.3 Å². The van der Waals surface area contributed by atoms with Crippen LogP contribution in [0.15, 0.2) is 16.5 Å². The zero-order chi connectivity index (χ0) is 12.5. The van der Waals surface area contributed by atoms with Gasteiger partial charge in [0.2, 0.25) is 0 Å². The van der Waals surface area contributed by atoms with Gasteiger partial charge < -0.3 is 9.73 Å². The minimum absolute atomic E-state index is 0.722. The Hall–Kier alpha value is -1.06. The number of aryl methyl sites for hydroxylation is 2. The van der Waals surface area contributed by atoms with Crippen LogP contribution in [0.3, 0.4) is 0 Å². The van der Waals surface area contributed by atoms with Crippen LogP contribution in [-0.4, -0.2) is 18.1 Å². The van der Waals surface area contributed by atoms with E-state index in [1.165, 1.54) is 6.42 Å². The predicted molar refractivity (Wildman–Crippen MR) is 73.1 cm³/mol. The van der Waals surface area contributed by atoms with E-state index in [1.807, 2.05) is 19.1 Å². The lowest BCUT2D eigenvalue weighted by molar-refractivity contribution is 0.465. The molecule has 0 bridgehead atoms. The highest BCUT2D eigenvalue weighted by Gasteiger charge is 2.16. The second-order valence-corrected chi connectivity index (χ2v) is 5.51. The molecule has 1 fully saturated rings. The first-order chi connectivity index (χ1) is 8.72. The van der Waals surface area contributed by atoms with E-state index in [4.69, 9.17) is 16.0 Å². The molecular formula is C14H17ClN2O. The van der Waals surface area contributed by atoms with Crippen molar-refractivity contribution in [2.75, 3.05) is 13.1 Å². The fourth-order valence-electron chi connectivity index (χ4n) is 2.60. The Morgan fingerprint density at radius 2 is 2.39 bits per heavy atom. The third kappa shape index (κ3) is 2.38. The Labute approximate surface area is 112 Å². The number of hydrogen-bond acceptors (Lipinski definition) is 3. The highest BCUT2D eigenvalue weighted by atomic mass is 35.5. The monoisotopic (exact) mass is 264 g/mol. The Morgan fingerprint density at radius 1 is 1.50 bits per heavy atom. The predicted octanol–water partition coefficient (Wildman–Crippen LogP) is 3.33. The first kappa shape index (κ1) is 12.0. The molecule has 2 heterocycles. The van der Waals surface area contributed by atoms with Crippen LogP contribution in [0.2, 0.25) is 5.02 Å². The van der Waals surface area contributed by atoms with Gasteiger partial charge in [0, 0.05) is 11.4 Å². The number of benzene rings is 1. The van der Waals surface area contributed by atoms with Crippen LogP contribution >= 0.6 is 11.6 Å². The molecular weight excluding hydrogens is 248 g/mol. The number of aromatic nitrogens is 1. The maximum Gasteiger partial charge on any atom is 0.195 e. The topological polar surface area (TPSA) is 38.1 Å². The summed E-state index contributed by atoms with van der Waals surface area (Å²) >= 11 is 6.02. The Morgan fingerprint density at radius 3 is 3.17 bits per heavy atom. The van der Waals surface area contributed by atoms with E-state index in [0.29, 0.717) is 0 Å². The Kier molecular flexibility index (Phi) is 3.27. The van der Waals surface area contributed by atoms with Gasteiger partial charge in [0.1, 0.15) is 5.52 Å². The van der Waals surface area contributed by atoms with Crippen molar-refractivity contribution in [3.05, 3.63) is 28.6 Å². The van der Waals surface area contributed by atoms with Gasteiger partial charge in [-0.3, -0.25) is 0 Å². The molecule has 0 saturated carbocycles. The number of nitrogens with zero attached hydrogens (tertiary/aromatic N) is 1. The third-order valence-corrected chi connectivity index (χ3v) is 3.83. The second kappa shape index (κ2) is 4.90. The van der Waals surface area contributed by atoms with Crippen LogP contribution in [0, 0.1) is 12.8 Å². The summed E-state index contributed by atoms with van der Waals surface area (Å²) in [6.07, 6.45) is 3.33. The maximum atomic E-state index is 6.02. The van der Waals surface area contributed by atoms with Crippen molar-refractivity contribution < 1.29 is 4.42 Å². The van der Waals surface area contributed by atoms with Crippen molar-refractivity contribution in [1.29, 1.82) is 0 Å². The van der Waals surface area contributed by atoms with Gasteiger partial charge in [0.15, 0.2) is 11.5 Å². The number of fused-ring (bicyclic) bond motifs is 1. The molecule has 3 rings (SSSR count). The molecule has 4 heteroatoms. The lowest BCUT2D eigenvalue weighted by atomic mass is 10.0. The fourth-order valence-corrected chi connectivity index (χ4v) is 2.87. The van der Waals surface area contributed by atoms with Crippen molar-refractivity contribution in [3.63, 3.8) is 0 Å². The van der Waals surface area contributed by atoms with Gasteiger partial charge in [-0.15, -0.1) is 0 Å². The normalized spacial score (nSPS) is 19.8. The standard InChI is InChI=1S/C14H17ClN2O/c1-9-6-11(15)7-12-14(9)18-13(17-12)3-2-10-4-5-16-8-10/h6-7,10,16H,2-5,8H2,1H3. The maximum absolute atomic E-state index is 6.02. The zero-order valence-electron chi connectivity index (χ0n) is 10.5. The summed E-state index contributed by atoms with van der Waals surface area (Å²) in [5.74, 6) is 1.60. The molecule has 1 aromatic carbocycles. The lowest BCUT2D eigenvalue weighted by Crippen LogP contribution is -2.09. The van der Waals surface area contributed by atoms with Crippen molar-refractivity contribution in [2.45, 2.75) is 26.2 Å². The first-order valence-electron chi connectivity index (χ1n) is 6.48. The highest BCUT2D eigenvalue weighted by Crippen LogP contribution is 2.25. The molecule has 1 atom stereocenters. The summed E-state index contributed by atoms with van der Waals surface area (Å²) in [6, 6.07) is 3.79. The van der Waals surface area contributed by atoms with Crippen molar-refractivity contribution in [3.8, 4) is 0 Å². The highest BCUT2D eigenvalue weighted by molar-refractivity contribution is 6.31. The van der Waals surface area contributed by atoms with Crippen molar-refractivity contribution >= 4 is 22.7 Å². The molecule has 0 amide bonds. The smallest absolute Gasteiger partial charge is 0.195 e. The van der Waals surface area contributed by atoms with Crippen LogP contribution in [0.25, 0.3) is 11.1 Å².